The van der Waals surface area contributed by atoms with Gasteiger partial charge in [0.25, 0.3) is 5.91 Å². The molecule has 3 heterocycles. The topological polar surface area (TPSA) is 100 Å². The Bertz CT molecular complexity index is 1370. The number of nitrogens with one attached hydrogen (secondary N) is 4. The molecule has 0 spiro atoms. The average molecular weight is 521 g/mol. The summed E-state index contributed by atoms with van der Waals surface area (Å²) in [5, 5.41) is 13.6. The number of carbonyl (C=O) groups excluding carboxylic acids is 1. The zero-order valence-corrected chi connectivity index (χ0v) is 21.3. The van der Waals surface area contributed by atoms with Crippen molar-refractivity contribution in [2.45, 2.75) is 25.9 Å². The van der Waals surface area contributed by atoms with Crippen LogP contribution in [0.4, 0.5) is 21.6 Å². The molecule has 2 aromatic carbocycles. The summed E-state index contributed by atoms with van der Waals surface area (Å²) in [6, 6.07) is 14.3. The van der Waals surface area contributed by atoms with E-state index in [1.807, 2.05) is 37.3 Å². The van der Waals surface area contributed by atoms with Crippen molar-refractivity contribution < 1.29 is 13.9 Å². The molecular formula is C27H29FN6O2S. The lowest BCUT2D eigenvalue weighted by atomic mass is 10.1. The van der Waals surface area contributed by atoms with Crippen molar-refractivity contribution in [1.82, 2.24) is 20.6 Å². The van der Waals surface area contributed by atoms with E-state index in [0.29, 0.717) is 40.1 Å². The van der Waals surface area contributed by atoms with Gasteiger partial charge in [0.15, 0.2) is 0 Å². The van der Waals surface area contributed by atoms with Crippen molar-refractivity contribution in [2.75, 3.05) is 36.8 Å². The van der Waals surface area contributed by atoms with Gasteiger partial charge in [-0.05, 0) is 56.1 Å². The lowest BCUT2D eigenvalue weighted by Crippen LogP contribution is -2.37. The molecule has 0 radical (unpaired) electrons. The van der Waals surface area contributed by atoms with Crippen LogP contribution in [0, 0.1) is 12.7 Å². The van der Waals surface area contributed by atoms with Crippen LogP contribution < -0.4 is 26.0 Å². The second kappa shape index (κ2) is 11.5. The largest absolute Gasteiger partial charge is 0.487 e. The fourth-order valence-corrected chi connectivity index (χ4v) is 5.39. The van der Waals surface area contributed by atoms with E-state index < -0.39 is 0 Å². The first-order chi connectivity index (χ1) is 18.1. The maximum Gasteiger partial charge on any atom is 0.261 e. The quantitative estimate of drug-likeness (QED) is 0.234. The SMILES string of the molecule is Cc1c(C(=O)NCCNc2ccccc2)sc2ncnc(Nc3ccc(F)cc3OC3CCCNC3)c12. The summed E-state index contributed by atoms with van der Waals surface area (Å²) in [6.07, 6.45) is 3.34. The van der Waals surface area contributed by atoms with Crippen LogP contribution in [-0.4, -0.2) is 48.2 Å². The third-order valence-corrected chi connectivity index (χ3v) is 7.39. The molecule has 0 aliphatic carbocycles. The molecule has 1 amide bonds. The van der Waals surface area contributed by atoms with Gasteiger partial charge in [-0.3, -0.25) is 4.79 Å². The fourth-order valence-electron chi connectivity index (χ4n) is 4.33. The lowest BCUT2D eigenvalue weighted by Gasteiger charge is -2.25. The molecule has 0 saturated carbocycles. The predicted octanol–water partition coefficient (Wildman–Crippen LogP) is 4.86. The number of amides is 1. The minimum Gasteiger partial charge on any atom is -0.487 e. The van der Waals surface area contributed by atoms with Gasteiger partial charge in [0.05, 0.1) is 16.0 Å². The van der Waals surface area contributed by atoms with Crippen molar-refractivity contribution in [3.05, 3.63) is 71.1 Å². The number of hydrogen-bond acceptors (Lipinski definition) is 8. The maximum absolute atomic E-state index is 14.1. The molecule has 0 bridgehead atoms. The molecule has 4 N–H and O–H groups in total. The number of aryl methyl sites for hydroxylation is 1. The van der Waals surface area contributed by atoms with E-state index in [-0.39, 0.29) is 17.8 Å². The van der Waals surface area contributed by atoms with Crippen LogP contribution in [0.25, 0.3) is 10.2 Å². The number of hydrogen-bond donors (Lipinski definition) is 4. The molecule has 1 fully saturated rings. The second-order valence-corrected chi connectivity index (χ2v) is 9.86. The number of fused-ring (bicyclic) bond motifs is 1. The Kier molecular flexibility index (Phi) is 7.76. The summed E-state index contributed by atoms with van der Waals surface area (Å²) >= 11 is 1.32. The number of para-hydroxylation sites is 1. The smallest absolute Gasteiger partial charge is 0.261 e. The first kappa shape index (κ1) is 24.9. The molecule has 4 aromatic rings. The molecule has 8 nitrogen and oxygen atoms in total. The molecule has 1 unspecified atom stereocenters. The van der Waals surface area contributed by atoms with Gasteiger partial charge in [-0.25, -0.2) is 14.4 Å². The van der Waals surface area contributed by atoms with E-state index >= 15 is 0 Å². The Balaban J connectivity index is 1.32. The first-order valence-corrected chi connectivity index (χ1v) is 13.2. The van der Waals surface area contributed by atoms with Gasteiger partial charge in [-0.1, -0.05) is 18.2 Å². The van der Waals surface area contributed by atoms with Gasteiger partial charge >= 0.3 is 0 Å². The molecule has 1 atom stereocenters. The molecule has 1 saturated heterocycles. The van der Waals surface area contributed by atoms with Crippen LogP contribution in [0.2, 0.25) is 0 Å². The maximum atomic E-state index is 14.1. The zero-order chi connectivity index (χ0) is 25.6. The standard InChI is InChI=1S/C27H29FN6O2S/c1-17-23-25(34-21-10-9-18(28)14-22(21)36-20-8-5-11-29-15-20)32-16-33-27(23)37-24(17)26(35)31-13-12-30-19-6-3-2-4-7-19/h2-4,6-7,9-10,14,16,20,29-30H,5,8,11-13,15H2,1H3,(H,31,35)(H,32,33,34). The van der Waals surface area contributed by atoms with Crippen LogP contribution in [0.3, 0.4) is 0 Å². The number of piperidine rings is 1. The molecule has 1 aliphatic heterocycles. The van der Waals surface area contributed by atoms with E-state index in [1.54, 1.807) is 6.07 Å². The van der Waals surface area contributed by atoms with Crippen molar-refractivity contribution in [1.29, 1.82) is 0 Å². The van der Waals surface area contributed by atoms with Gasteiger partial charge in [0, 0.05) is 31.4 Å². The molecular weight excluding hydrogens is 491 g/mol. The van der Waals surface area contributed by atoms with Crippen molar-refractivity contribution in [2.24, 2.45) is 0 Å². The van der Waals surface area contributed by atoms with Gasteiger partial charge in [0.2, 0.25) is 0 Å². The third-order valence-electron chi connectivity index (χ3n) is 6.19. The van der Waals surface area contributed by atoms with Gasteiger partial charge < -0.3 is 26.0 Å². The van der Waals surface area contributed by atoms with Gasteiger partial charge in [-0.2, -0.15) is 0 Å². The van der Waals surface area contributed by atoms with E-state index in [0.717, 1.165) is 42.6 Å². The molecule has 1 aliphatic rings. The molecule has 10 heteroatoms. The Morgan fingerprint density at radius 3 is 2.86 bits per heavy atom. The molecule has 2 aromatic heterocycles. The summed E-state index contributed by atoms with van der Waals surface area (Å²) in [5.41, 5.74) is 2.40. The molecule has 37 heavy (non-hydrogen) atoms. The van der Waals surface area contributed by atoms with Crippen LogP contribution in [0.5, 0.6) is 5.75 Å². The summed E-state index contributed by atoms with van der Waals surface area (Å²) in [5.74, 6) is 0.445. The summed E-state index contributed by atoms with van der Waals surface area (Å²) in [6.45, 7) is 4.65. The number of halogens is 1. The number of carbonyl (C=O) groups is 1. The normalized spacial score (nSPS) is 15.4. The number of rotatable bonds is 9. The number of anilines is 3. The first-order valence-electron chi connectivity index (χ1n) is 12.3. The number of benzene rings is 2. The van der Waals surface area contributed by atoms with Gasteiger partial charge in [0.1, 0.15) is 34.6 Å². The summed E-state index contributed by atoms with van der Waals surface area (Å²) in [7, 11) is 0. The fraction of sp³-hybridized carbons (Fsp3) is 0.296. The van der Waals surface area contributed by atoms with Crippen molar-refractivity contribution in [3.8, 4) is 5.75 Å². The third kappa shape index (κ3) is 5.98. The van der Waals surface area contributed by atoms with E-state index in [2.05, 4.69) is 31.2 Å². The summed E-state index contributed by atoms with van der Waals surface area (Å²) in [4.78, 5) is 23.1. The Morgan fingerprint density at radius 1 is 1.19 bits per heavy atom. The van der Waals surface area contributed by atoms with E-state index in [4.69, 9.17) is 4.74 Å². The lowest BCUT2D eigenvalue weighted by molar-refractivity contribution is 0.0958. The van der Waals surface area contributed by atoms with Crippen LogP contribution >= 0.6 is 11.3 Å². The minimum atomic E-state index is -0.371. The van der Waals surface area contributed by atoms with Crippen molar-refractivity contribution >= 4 is 44.7 Å². The molecule has 192 valence electrons. The van der Waals surface area contributed by atoms with Crippen molar-refractivity contribution in [3.63, 3.8) is 0 Å². The van der Waals surface area contributed by atoms with Crippen LogP contribution in [-0.2, 0) is 0 Å². The molecule has 5 rings (SSSR count). The van der Waals surface area contributed by atoms with Crippen LogP contribution in [0.15, 0.2) is 54.9 Å². The Labute approximate surface area is 218 Å². The van der Waals surface area contributed by atoms with Crippen LogP contribution in [0.1, 0.15) is 28.1 Å². The highest BCUT2D eigenvalue weighted by Crippen LogP contribution is 2.36. The highest BCUT2D eigenvalue weighted by molar-refractivity contribution is 7.20. The predicted molar refractivity (Wildman–Crippen MR) is 146 cm³/mol. The zero-order valence-electron chi connectivity index (χ0n) is 20.5. The average Bonchev–Trinajstić information content (AvgIpc) is 3.26. The minimum absolute atomic E-state index is 0.0314. The number of thiophene rings is 1. The Hall–Kier alpha value is -3.76. The number of nitrogens with zero attached hydrogens (tertiary/aromatic N) is 2. The summed E-state index contributed by atoms with van der Waals surface area (Å²) < 4.78 is 20.2. The number of aromatic nitrogens is 2. The second-order valence-electron chi connectivity index (χ2n) is 8.86. The Morgan fingerprint density at radius 2 is 2.05 bits per heavy atom. The van der Waals surface area contributed by atoms with Gasteiger partial charge in [-0.15, -0.1) is 11.3 Å². The highest BCUT2D eigenvalue weighted by atomic mass is 32.1. The van der Waals surface area contributed by atoms with E-state index in [1.165, 1.54) is 29.8 Å². The monoisotopic (exact) mass is 520 g/mol. The van der Waals surface area contributed by atoms with E-state index in [9.17, 15) is 9.18 Å². The highest BCUT2D eigenvalue weighted by Gasteiger charge is 2.21. The number of ether oxygens (including phenoxy) is 1.